The molecule has 2 aliphatic carbocycles. The van der Waals surface area contributed by atoms with Gasteiger partial charge in [0.25, 0.3) is 5.91 Å². The monoisotopic (exact) mass is 387 g/mol. The van der Waals surface area contributed by atoms with Gasteiger partial charge in [-0.3, -0.25) is 4.79 Å². The molecule has 4 nitrogen and oxygen atoms in total. The maximum Gasteiger partial charge on any atom is 0.259 e. The second-order valence-electron chi connectivity index (χ2n) is 7.90. The highest BCUT2D eigenvalue weighted by Gasteiger charge is 2.15. The standard InChI is InChI=1S/C25H29N3O/c1-16(2)20-9-8-18(4)25-21(12-19(5)23(25)13-20)14-27-28-24(29)15-26-22-10-6-17(3)7-11-22/h6-14,16,26H,15H2,1-5H3,(H,28,29). The minimum atomic E-state index is -0.182. The van der Waals surface area contributed by atoms with Crippen LogP contribution in [0.2, 0.25) is 0 Å². The minimum Gasteiger partial charge on any atom is -0.376 e. The predicted molar refractivity (Wildman–Crippen MR) is 122 cm³/mol. The number of carbonyl (C=O) groups excluding carboxylic acids is 1. The number of anilines is 1. The van der Waals surface area contributed by atoms with Crippen molar-refractivity contribution in [1.29, 1.82) is 0 Å². The molecular formula is C25H29N3O. The number of hydrogen-bond acceptors (Lipinski definition) is 3. The first-order chi connectivity index (χ1) is 13.8. The van der Waals surface area contributed by atoms with Crippen LogP contribution in [0.4, 0.5) is 5.69 Å². The molecule has 1 amide bonds. The summed E-state index contributed by atoms with van der Waals surface area (Å²) in [5, 5.41) is 7.28. The molecule has 0 saturated heterocycles. The Morgan fingerprint density at radius 3 is 2.41 bits per heavy atom. The van der Waals surface area contributed by atoms with E-state index in [2.05, 4.69) is 67.8 Å². The number of hydrazone groups is 1. The normalized spacial score (nSPS) is 11.4. The van der Waals surface area contributed by atoms with Gasteiger partial charge in [-0.2, -0.15) is 5.10 Å². The molecule has 1 aromatic rings. The van der Waals surface area contributed by atoms with E-state index in [1.54, 1.807) is 6.21 Å². The van der Waals surface area contributed by atoms with Gasteiger partial charge in [0, 0.05) is 11.3 Å². The van der Waals surface area contributed by atoms with E-state index in [4.69, 9.17) is 0 Å². The zero-order valence-electron chi connectivity index (χ0n) is 17.8. The first-order valence-corrected chi connectivity index (χ1v) is 10.0. The van der Waals surface area contributed by atoms with Crippen molar-refractivity contribution in [3.8, 4) is 11.1 Å². The average Bonchev–Trinajstić information content (AvgIpc) is 2.87. The van der Waals surface area contributed by atoms with Crippen molar-refractivity contribution in [2.45, 2.75) is 40.5 Å². The van der Waals surface area contributed by atoms with Crippen LogP contribution < -0.4 is 10.7 Å². The molecule has 0 aromatic heterocycles. The number of fused-ring (bicyclic) bond motifs is 1. The molecule has 29 heavy (non-hydrogen) atoms. The number of carbonyl (C=O) groups is 1. The predicted octanol–water partition coefficient (Wildman–Crippen LogP) is 5.40. The molecule has 0 spiro atoms. The van der Waals surface area contributed by atoms with Gasteiger partial charge in [-0.25, -0.2) is 5.43 Å². The van der Waals surface area contributed by atoms with Gasteiger partial charge in [-0.15, -0.1) is 0 Å². The number of rotatable bonds is 6. The number of amides is 1. The lowest BCUT2D eigenvalue weighted by Crippen LogP contribution is -2.25. The Labute approximate surface area is 173 Å². The lowest BCUT2D eigenvalue weighted by atomic mass is 10.0. The summed E-state index contributed by atoms with van der Waals surface area (Å²) in [7, 11) is 0. The summed E-state index contributed by atoms with van der Waals surface area (Å²) in [6.45, 7) is 10.9. The molecule has 0 unspecified atom stereocenters. The third kappa shape index (κ3) is 5.02. The van der Waals surface area contributed by atoms with Crippen LogP contribution in [0.15, 0.2) is 53.6 Å². The average molecular weight is 388 g/mol. The second kappa shape index (κ2) is 8.91. The van der Waals surface area contributed by atoms with Crippen LogP contribution in [0.25, 0.3) is 11.1 Å². The number of hydrogen-bond donors (Lipinski definition) is 2. The van der Waals surface area contributed by atoms with Crippen LogP contribution in [-0.2, 0) is 4.79 Å². The number of aryl methyl sites for hydroxylation is 3. The molecule has 4 heteroatoms. The highest BCUT2D eigenvalue weighted by atomic mass is 16.2. The van der Waals surface area contributed by atoms with E-state index in [0.717, 1.165) is 11.3 Å². The van der Waals surface area contributed by atoms with Crippen molar-refractivity contribution < 1.29 is 4.79 Å². The molecule has 0 fully saturated rings. The van der Waals surface area contributed by atoms with Crippen LogP contribution >= 0.6 is 0 Å². The summed E-state index contributed by atoms with van der Waals surface area (Å²) in [5.74, 6) is 0.288. The molecule has 2 aliphatic rings. The quantitative estimate of drug-likeness (QED) is 0.439. The van der Waals surface area contributed by atoms with Crippen molar-refractivity contribution in [1.82, 2.24) is 5.43 Å². The first-order valence-electron chi connectivity index (χ1n) is 10.0. The fraction of sp³-hybridized carbons (Fsp3) is 0.280. The molecule has 0 heterocycles. The Morgan fingerprint density at radius 1 is 1.00 bits per heavy atom. The molecule has 3 rings (SSSR count). The molecule has 0 radical (unpaired) electrons. The Balaban J connectivity index is 1.69. The molecule has 0 saturated carbocycles. The van der Waals surface area contributed by atoms with E-state index in [0.29, 0.717) is 5.92 Å². The fourth-order valence-electron chi connectivity index (χ4n) is 3.41. The Morgan fingerprint density at radius 2 is 1.72 bits per heavy atom. The highest BCUT2D eigenvalue weighted by molar-refractivity contribution is 5.96. The summed E-state index contributed by atoms with van der Waals surface area (Å²) in [6.07, 6.45) is 1.74. The highest BCUT2D eigenvalue weighted by Crippen LogP contribution is 2.35. The lowest BCUT2D eigenvalue weighted by Gasteiger charge is -2.05. The number of nitrogens with zero attached hydrogens (tertiary/aromatic N) is 1. The van der Waals surface area contributed by atoms with Crippen LogP contribution in [-0.4, -0.2) is 18.7 Å². The third-order valence-corrected chi connectivity index (χ3v) is 5.15. The maximum atomic E-state index is 12.1. The van der Waals surface area contributed by atoms with Gasteiger partial charge >= 0.3 is 0 Å². The van der Waals surface area contributed by atoms with Crippen molar-refractivity contribution in [2.24, 2.45) is 5.10 Å². The van der Waals surface area contributed by atoms with Gasteiger partial charge in [-0.05, 0) is 72.7 Å². The molecule has 0 atom stereocenters. The topological polar surface area (TPSA) is 53.5 Å². The van der Waals surface area contributed by atoms with E-state index in [9.17, 15) is 4.79 Å². The summed E-state index contributed by atoms with van der Waals surface area (Å²) in [5.41, 5.74) is 11.9. The largest absolute Gasteiger partial charge is 0.376 e. The molecule has 1 aromatic carbocycles. The minimum absolute atomic E-state index is 0.174. The van der Waals surface area contributed by atoms with Gasteiger partial charge in [0.05, 0.1) is 12.8 Å². The smallest absolute Gasteiger partial charge is 0.259 e. The number of benzene rings is 1. The second-order valence-corrected chi connectivity index (χ2v) is 7.90. The third-order valence-electron chi connectivity index (χ3n) is 5.15. The van der Waals surface area contributed by atoms with Gasteiger partial charge < -0.3 is 5.32 Å². The van der Waals surface area contributed by atoms with E-state index in [1.807, 2.05) is 31.2 Å². The maximum absolute atomic E-state index is 12.1. The van der Waals surface area contributed by atoms with Crippen LogP contribution in [0, 0.1) is 20.8 Å². The lowest BCUT2D eigenvalue weighted by molar-refractivity contribution is -0.119. The van der Waals surface area contributed by atoms with E-state index in [-0.39, 0.29) is 12.5 Å². The summed E-state index contributed by atoms with van der Waals surface area (Å²) in [4.78, 5) is 12.1. The SMILES string of the molecule is Cc1ccc(NCC(=O)NN=Cc2cc(C)c3cc(C(C)C)ccc(C)c2-3)cc1. The number of nitrogens with one attached hydrogen (secondary N) is 2. The molecule has 150 valence electrons. The Kier molecular flexibility index (Phi) is 6.32. The van der Waals surface area contributed by atoms with E-state index in [1.165, 1.54) is 33.4 Å². The van der Waals surface area contributed by atoms with Gasteiger partial charge in [0.2, 0.25) is 0 Å². The zero-order valence-corrected chi connectivity index (χ0v) is 17.8. The van der Waals surface area contributed by atoms with Gasteiger partial charge in [0.15, 0.2) is 0 Å². The molecule has 2 N–H and O–H groups in total. The molecular weight excluding hydrogens is 358 g/mol. The van der Waals surface area contributed by atoms with Gasteiger partial charge in [0.1, 0.15) is 0 Å². The molecule has 0 bridgehead atoms. The van der Waals surface area contributed by atoms with Crippen LogP contribution in [0.5, 0.6) is 0 Å². The summed E-state index contributed by atoms with van der Waals surface area (Å²) in [6, 6.07) is 16.7. The van der Waals surface area contributed by atoms with Crippen molar-refractivity contribution >= 4 is 17.8 Å². The van der Waals surface area contributed by atoms with Crippen LogP contribution in [0.3, 0.4) is 0 Å². The summed E-state index contributed by atoms with van der Waals surface area (Å²) >= 11 is 0. The van der Waals surface area contributed by atoms with Crippen molar-refractivity contribution in [2.75, 3.05) is 11.9 Å². The van der Waals surface area contributed by atoms with Crippen molar-refractivity contribution in [3.05, 3.63) is 76.3 Å². The first kappa shape index (κ1) is 20.6. The van der Waals surface area contributed by atoms with Crippen LogP contribution in [0.1, 0.15) is 47.6 Å². The Hall–Kier alpha value is -3.14. The van der Waals surface area contributed by atoms with Gasteiger partial charge in [-0.1, -0.05) is 49.7 Å². The van der Waals surface area contributed by atoms with E-state index < -0.39 is 0 Å². The zero-order chi connectivity index (χ0) is 21.0. The fourth-order valence-corrected chi connectivity index (χ4v) is 3.41. The Bertz CT molecular complexity index is 1000. The molecule has 0 aliphatic heterocycles. The van der Waals surface area contributed by atoms with E-state index >= 15 is 0 Å². The van der Waals surface area contributed by atoms with Crippen molar-refractivity contribution in [3.63, 3.8) is 0 Å². The summed E-state index contributed by atoms with van der Waals surface area (Å²) < 4.78 is 0.